The highest BCUT2D eigenvalue weighted by molar-refractivity contribution is 7.99. The van der Waals surface area contributed by atoms with Gasteiger partial charge >= 0.3 is 5.97 Å². The molecule has 1 fully saturated rings. The number of benzene rings is 2. The highest BCUT2D eigenvalue weighted by Crippen LogP contribution is 2.36. The summed E-state index contributed by atoms with van der Waals surface area (Å²) in [4.78, 5) is 19.4. The minimum absolute atomic E-state index is 0.161. The molecule has 0 amide bonds. The molecule has 2 heterocycles. The van der Waals surface area contributed by atoms with Crippen LogP contribution in [0.25, 0.3) is 10.9 Å². The molecule has 3 aromatic rings. The van der Waals surface area contributed by atoms with E-state index in [1.165, 1.54) is 4.90 Å². The number of nitrogens with zero attached hydrogens (tertiary/aromatic N) is 2. The van der Waals surface area contributed by atoms with Crippen LogP contribution < -0.4 is 9.47 Å². The topological polar surface area (TPSA) is 71.9 Å². The van der Waals surface area contributed by atoms with Gasteiger partial charge in [0.15, 0.2) is 0 Å². The van der Waals surface area contributed by atoms with E-state index >= 15 is 4.39 Å². The van der Waals surface area contributed by atoms with Crippen molar-refractivity contribution in [1.29, 1.82) is 0 Å². The highest BCUT2D eigenvalue weighted by atomic mass is 32.2. The van der Waals surface area contributed by atoms with Gasteiger partial charge in [-0.2, -0.15) is 0 Å². The summed E-state index contributed by atoms with van der Waals surface area (Å²) in [6.45, 7) is 2.85. The average molecular weight is 555 g/mol. The quantitative estimate of drug-likeness (QED) is 0.169. The molecule has 2 unspecified atom stereocenters. The summed E-state index contributed by atoms with van der Waals surface area (Å²) in [7, 11) is 3.29. The molecular weight excluding hydrogens is 515 g/mol. The van der Waals surface area contributed by atoms with Gasteiger partial charge in [-0.15, -0.1) is 11.8 Å². The Morgan fingerprint density at radius 3 is 2.74 bits per heavy atom. The lowest BCUT2D eigenvalue weighted by Crippen LogP contribution is -2.41. The molecule has 0 aliphatic carbocycles. The molecule has 1 saturated heterocycles. The van der Waals surface area contributed by atoms with E-state index in [1.807, 2.05) is 42.1 Å². The minimum Gasteiger partial charge on any atom is -0.497 e. The van der Waals surface area contributed by atoms with Gasteiger partial charge in [0.1, 0.15) is 17.7 Å². The number of hydrogen-bond donors (Lipinski definition) is 1. The van der Waals surface area contributed by atoms with Gasteiger partial charge in [0.25, 0.3) is 0 Å². The second-order valence-corrected chi connectivity index (χ2v) is 11.4. The number of halogens is 1. The molecule has 1 aromatic heterocycles. The summed E-state index contributed by atoms with van der Waals surface area (Å²) in [5.74, 6) is 2.40. The largest absolute Gasteiger partial charge is 0.497 e. The van der Waals surface area contributed by atoms with Crippen LogP contribution >= 0.6 is 11.8 Å². The van der Waals surface area contributed by atoms with E-state index in [-0.39, 0.29) is 12.3 Å². The zero-order chi connectivity index (χ0) is 27.6. The van der Waals surface area contributed by atoms with Crippen LogP contribution in [0.4, 0.5) is 4.39 Å². The number of alkyl halides is 1. The van der Waals surface area contributed by atoms with Crippen LogP contribution in [-0.4, -0.2) is 60.6 Å². The number of aromatic nitrogens is 1. The van der Waals surface area contributed by atoms with E-state index < -0.39 is 12.1 Å². The van der Waals surface area contributed by atoms with Crippen LogP contribution in [0.2, 0.25) is 0 Å². The number of likely N-dealkylation sites (tertiary alicyclic amines) is 1. The van der Waals surface area contributed by atoms with Crippen LogP contribution in [0.1, 0.15) is 50.3 Å². The van der Waals surface area contributed by atoms with Crippen LogP contribution in [0.15, 0.2) is 59.6 Å². The second kappa shape index (κ2) is 14.5. The molecule has 0 radical (unpaired) electrons. The maximum atomic E-state index is 15.6. The number of aliphatic carboxylic acids is 1. The van der Waals surface area contributed by atoms with Crippen LogP contribution in [0, 0.1) is 11.8 Å². The zero-order valence-electron chi connectivity index (χ0n) is 22.9. The van der Waals surface area contributed by atoms with Crippen molar-refractivity contribution in [3.05, 3.63) is 60.3 Å². The minimum atomic E-state index is -1.10. The second-order valence-electron chi connectivity index (χ2n) is 10.3. The first-order valence-electron chi connectivity index (χ1n) is 13.7. The van der Waals surface area contributed by atoms with Gasteiger partial charge < -0.3 is 19.5 Å². The van der Waals surface area contributed by atoms with Crippen molar-refractivity contribution in [1.82, 2.24) is 9.88 Å². The molecule has 0 saturated carbocycles. The van der Waals surface area contributed by atoms with E-state index in [0.717, 1.165) is 61.3 Å². The first-order valence-corrected chi connectivity index (χ1v) is 14.7. The van der Waals surface area contributed by atoms with Gasteiger partial charge in [-0.25, -0.2) is 4.39 Å². The number of carboxylic acid groups (broad SMARTS) is 1. The summed E-state index contributed by atoms with van der Waals surface area (Å²) < 4.78 is 26.2. The van der Waals surface area contributed by atoms with Crippen molar-refractivity contribution in [2.45, 2.75) is 49.6 Å². The zero-order valence-corrected chi connectivity index (χ0v) is 23.7. The molecule has 39 heavy (non-hydrogen) atoms. The number of fused-ring (bicyclic) bond motifs is 1. The third-order valence-electron chi connectivity index (χ3n) is 7.74. The van der Waals surface area contributed by atoms with Crippen molar-refractivity contribution in [2.24, 2.45) is 11.8 Å². The summed E-state index contributed by atoms with van der Waals surface area (Å²) in [5.41, 5.74) is 1.40. The fourth-order valence-electron chi connectivity index (χ4n) is 5.61. The molecule has 210 valence electrons. The van der Waals surface area contributed by atoms with E-state index in [1.54, 1.807) is 26.5 Å². The van der Waals surface area contributed by atoms with Gasteiger partial charge in [-0.1, -0.05) is 6.07 Å². The normalized spacial score (nSPS) is 18.6. The molecule has 4 rings (SSSR count). The molecule has 1 N–H and O–H groups in total. The smallest absolute Gasteiger partial charge is 0.303 e. The number of hydrogen-bond acceptors (Lipinski definition) is 6. The van der Waals surface area contributed by atoms with Gasteiger partial charge in [-0.05, 0) is 111 Å². The van der Waals surface area contributed by atoms with Gasteiger partial charge in [0.05, 0.1) is 19.7 Å². The number of piperidine rings is 1. The van der Waals surface area contributed by atoms with Crippen molar-refractivity contribution < 1.29 is 23.8 Å². The van der Waals surface area contributed by atoms with Crippen molar-refractivity contribution in [3.8, 4) is 11.5 Å². The van der Waals surface area contributed by atoms with E-state index in [0.29, 0.717) is 30.1 Å². The summed E-state index contributed by atoms with van der Waals surface area (Å²) in [6, 6.07) is 15.4. The van der Waals surface area contributed by atoms with Crippen LogP contribution in [0.5, 0.6) is 11.5 Å². The molecular formula is C31H39FN2O4S. The Morgan fingerprint density at radius 1 is 1.13 bits per heavy atom. The Bertz CT molecular complexity index is 1230. The highest BCUT2D eigenvalue weighted by Gasteiger charge is 2.30. The summed E-state index contributed by atoms with van der Waals surface area (Å²) in [6.07, 6.45) is 4.57. The van der Waals surface area contributed by atoms with Gasteiger partial charge in [0, 0.05) is 29.4 Å². The van der Waals surface area contributed by atoms with Crippen molar-refractivity contribution >= 4 is 28.6 Å². The lowest BCUT2D eigenvalue weighted by atomic mass is 9.79. The Kier molecular flexibility index (Phi) is 10.9. The fraction of sp³-hybridized carbons (Fsp3) is 0.484. The van der Waals surface area contributed by atoms with E-state index in [4.69, 9.17) is 9.47 Å². The molecule has 0 bridgehead atoms. The first kappa shape index (κ1) is 29.2. The maximum Gasteiger partial charge on any atom is 0.303 e. The van der Waals surface area contributed by atoms with Crippen LogP contribution in [-0.2, 0) is 4.79 Å². The molecule has 6 nitrogen and oxygen atoms in total. The Hall–Kier alpha value is -2.84. The predicted molar refractivity (Wildman–Crippen MR) is 155 cm³/mol. The Morgan fingerprint density at radius 2 is 1.95 bits per heavy atom. The summed E-state index contributed by atoms with van der Waals surface area (Å²) >= 11 is 1.83. The standard InChI is InChI=1S/C31H39FN2O4S/c1-37-24-5-3-6-26(19-24)39-18-4-16-34-17-14-22(23(21-34)8-12-31(35)36)7-10-29(32)27-13-15-33-30-11-9-25(38-2)20-28(27)30/h3,5-6,9,11,13,15,19-20,22-23,29H,4,7-8,10,12,14,16-18,21H2,1-2H3,(H,35,36)/t22?,23?,29-/m0/s1. The first-order chi connectivity index (χ1) is 19.0. The molecule has 2 aromatic carbocycles. The fourth-order valence-corrected chi connectivity index (χ4v) is 6.49. The van der Waals surface area contributed by atoms with Crippen molar-refractivity contribution in [2.75, 3.05) is 39.6 Å². The number of rotatable bonds is 14. The molecule has 8 heteroatoms. The average Bonchev–Trinajstić information content (AvgIpc) is 2.96. The van der Waals surface area contributed by atoms with Crippen LogP contribution in [0.3, 0.4) is 0 Å². The number of ether oxygens (including phenoxy) is 2. The molecule has 1 aliphatic heterocycles. The number of carbonyl (C=O) groups is 1. The third-order valence-corrected chi connectivity index (χ3v) is 8.82. The number of pyridine rings is 1. The number of carboxylic acids is 1. The Labute approximate surface area is 234 Å². The lowest BCUT2D eigenvalue weighted by molar-refractivity contribution is -0.137. The monoisotopic (exact) mass is 554 g/mol. The maximum absolute atomic E-state index is 15.6. The lowest BCUT2D eigenvalue weighted by Gasteiger charge is -2.39. The predicted octanol–water partition coefficient (Wildman–Crippen LogP) is 7.03. The third kappa shape index (κ3) is 8.32. The van der Waals surface area contributed by atoms with Crippen molar-refractivity contribution in [3.63, 3.8) is 0 Å². The van der Waals surface area contributed by atoms with E-state index in [9.17, 15) is 9.90 Å². The van der Waals surface area contributed by atoms with Gasteiger partial charge in [0.2, 0.25) is 0 Å². The molecule has 0 spiro atoms. The SMILES string of the molecule is COc1cccc(SCCCN2CCC(CC[C@H](F)c3ccnc4ccc(OC)cc34)C(CCC(=O)O)C2)c1. The summed E-state index contributed by atoms with van der Waals surface area (Å²) in [5, 5.41) is 10.1. The Balaban J connectivity index is 1.31. The van der Waals surface area contributed by atoms with E-state index in [2.05, 4.69) is 22.0 Å². The number of methoxy groups -OCH3 is 2. The number of thioether (sulfide) groups is 1. The van der Waals surface area contributed by atoms with Gasteiger partial charge in [-0.3, -0.25) is 9.78 Å². The molecule has 3 atom stereocenters. The molecule has 1 aliphatic rings.